The second-order valence-corrected chi connectivity index (χ2v) is 5.61. The number of hydrogen-bond acceptors (Lipinski definition) is 2. The van der Waals surface area contributed by atoms with Gasteiger partial charge < -0.3 is 0 Å². The van der Waals surface area contributed by atoms with E-state index >= 15 is 0 Å². The highest BCUT2D eigenvalue weighted by atomic mass is 79.9. The predicted octanol–water partition coefficient (Wildman–Crippen LogP) is 2.95. The van der Waals surface area contributed by atoms with Gasteiger partial charge in [-0.15, -0.1) is 11.3 Å². The molecule has 2 heterocycles. The molecule has 0 atom stereocenters. The van der Waals surface area contributed by atoms with Crippen molar-refractivity contribution in [2.45, 2.75) is 12.8 Å². The zero-order chi connectivity index (χ0) is 9.97. The summed E-state index contributed by atoms with van der Waals surface area (Å²) in [5.41, 5.74) is 0.803. The average molecular weight is 273 g/mol. The maximum atomic E-state index is 11.9. The van der Waals surface area contributed by atoms with Gasteiger partial charge in [0.15, 0.2) is 6.54 Å². The molecule has 2 nitrogen and oxygen atoms in total. The van der Waals surface area contributed by atoms with Crippen LogP contribution in [0.15, 0.2) is 15.2 Å². The topological polar surface area (TPSA) is 20.3 Å². The molecule has 1 aromatic rings. The highest BCUT2D eigenvalue weighted by molar-refractivity contribution is 9.11. The molecule has 2 rings (SSSR count). The molecule has 1 fully saturated rings. The van der Waals surface area contributed by atoms with Crippen LogP contribution in [0.1, 0.15) is 23.2 Å². The molecule has 0 aromatic carbocycles. The third-order valence-electron chi connectivity index (χ3n) is 2.29. The first kappa shape index (κ1) is 10.1. The molecule has 1 aromatic heterocycles. The fourth-order valence-electron chi connectivity index (χ4n) is 1.55. The average Bonchev–Trinajstić information content (AvgIpc) is 2.65. The van der Waals surface area contributed by atoms with Crippen molar-refractivity contribution in [2.75, 3.05) is 13.1 Å². The lowest BCUT2D eigenvalue weighted by atomic mass is 10.1. The third-order valence-corrected chi connectivity index (χ3v) is 3.79. The summed E-state index contributed by atoms with van der Waals surface area (Å²) in [4.78, 5) is 13.8. The Balaban J connectivity index is 2.07. The Morgan fingerprint density at radius 3 is 3.07 bits per heavy atom. The minimum Gasteiger partial charge on any atom is -0.300 e. The van der Waals surface area contributed by atoms with Crippen LogP contribution >= 0.6 is 27.3 Å². The largest absolute Gasteiger partial charge is 0.300 e. The van der Waals surface area contributed by atoms with Crippen molar-refractivity contribution in [3.8, 4) is 0 Å². The first-order valence-electron chi connectivity index (χ1n) is 4.62. The highest BCUT2D eigenvalue weighted by Crippen LogP contribution is 2.22. The van der Waals surface area contributed by atoms with Crippen molar-refractivity contribution < 1.29 is 4.79 Å². The molecule has 1 aliphatic heterocycles. The number of carbonyl (C=O) groups excluding carboxylic acids is 1. The third kappa shape index (κ3) is 2.12. The Morgan fingerprint density at radius 2 is 2.50 bits per heavy atom. The Bertz CT molecular complexity index is 331. The predicted molar refractivity (Wildman–Crippen MR) is 61.5 cm³/mol. The van der Waals surface area contributed by atoms with Crippen molar-refractivity contribution in [3.63, 3.8) is 0 Å². The summed E-state index contributed by atoms with van der Waals surface area (Å²) in [7, 11) is 0. The van der Waals surface area contributed by atoms with Gasteiger partial charge in [0.2, 0.25) is 0 Å². The summed E-state index contributed by atoms with van der Waals surface area (Å²) in [6.45, 7) is 1.69. The van der Waals surface area contributed by atoms with Gasteiger partial charge in [-0.05, 0) is 22.0 Å². The van der Waals surface area contributed by atoms with Crippen LogP contribution in [-0.4, -0.2) is 23.9 Å². The van der Waals surface area contributed by atoms with Crippen molar-refractivity contribution in [1.82, 2.24) is 4.90 Å². The molecule has 0 aliphatic carbocycles. The summed E-state index contributed by atoms with van der Waals surface area (Å²) < 4.78 is 1.02. The van der Waals surface area contributed by atoms with Crippen LogP contribution in [0.3, 0.4) is 0 Å². The number of amides is 1. The minimum absolute atomic E-state index is 0.155. The number of hydrogen-bond donors (Lipinski definition) is 0. The van der Waals surface area contributed by atoms with Crippen LogP contribution in [0.4, 0.5) is 0 Å². The van der Waals surface area contributed by atoms with Crippen LogP contribution in [-0.2, 0) is 0 Å². The Morgan fingerprint density at radius 1 is 1.64 bits per heavy atom. The van der Waals surface area contributed by atoms with Gasteiger partial charge in [0.25, 0.3) is 5.91 Å². The molecule has 0 saturated carbocycles. The Hall–Kier alpha value is -0.480. The fourth-order valence-corrected chi connectivity index (χ4v) is 2.68. The van der Waals surface area contributed by atoms with Crippen LogP contribution in [0.2, 0.25) is 0 Å². The second kappa shape index (κ2) is 4.36. The molecule has 0 N–H and O–H groups in total. The highest BCUT2D eigenvalue weighted by Gasteiger charge is 2.22. The molecule has 0 radical (unpaired) electrons. The summed E-state index contributed by atoms with van der Waals surface area (Å²) >= 11 is 4.92. The molecule has 0 unspecified atom stereocenters. The van der Waals surface area contributed by atoms with Crippen molar-refractivity contribution >= 4 is 33.2 Å². The lowest BCUT2D eigenvalue weighted by Gasteiger charge is -2.20. The van der Waals surface area contributed by atoms with E-state index in [4.69, 9.17) is 0 Å². The van der Waals surface area contributed by atoms with E-state index in [0.717, 1.165) is 35.3 Å². The van der Waals surface area contributed by atoms with E-state index in [1.165, 1.54) is 0 Å². The fraction of sp³-hybridized carbons (Fsp3) is 0.400. The van der Waals surface area contributed by atoms with E-state index in [1.54, 1.807) is 11.3 Å². The molecular weight excluding hydrogens is 262 g/mol. The van der Waals surface area contributed by atoms with Crippen molar-refractivity contribution in [2.24, 2.45) is 0 Å². The number of thiophene rings is 1. The first-order valence-corrected chi connectivity index (χ1v) is 6.29. The molecule has 74 valence electrons. The van der Waals surface area contributed by atoms with E-state index in [-0.39, 0.29) is 5.91 Å². The van der Waals surface area contributed by atoms with Gasteiger partial charge in [0.1, 0.15) is 0 Å². The number of likely N-dealkylation sites (tertiary alicyclic amines) is 1. The zero-order valence-corrected chi connectivity index (χ0v) is 10.1. The van der Waals surface area contributed by atoms with E-state index in [2.05, 4.69) is 22.4 Å². The number of rotatable bonds is 1. The smallest absolute Gasteiger partial charge is 0.258 e. The van der Waals surface area contributed by atoms with Gasteiger partial charge in [-0.1, -0.05) is 0 Å². The lowest BCUT2D eigenvalue weighted by molar-refractivity contribution is 0.0750. The number of nitrogens with zero attached hydrogens (tertiary/aromatic N) is 1. The SMILES string of the molecule is O=C(c1csc(Br)c1)N1C[CH+]CCC1. The minimum atomic E-state index is 0.155. The normalized spacial score (nSPS) is 16.5. The number of carbonyl (C=O) groups is 1. The summed E-state index contributed by atoms with van der Waals surface area (Å²) in [5, 5.41) is 1.90. The monoisotopic (exact) mass is 272 g/mol. The van der Waals surface area contributed by atoms with E-state index in [0.29, 0.717) is 0 Å². The van der Waals surface area contributed by atoms with Gasteiger partial charge in [-0.2, -0.15) is 0 Å². The summed E-state index contributed by atoms with van der Waals surface area (Å²) in [6, 6.07) is 1.89. The van der Waals surface area contributed by atoms with Crippen LogP contribution in [0.5, 0.6) is 0 Å². The molecule has 1 amide bonds. The molecule has 14 heavy (non-hydrogen) atoms. The Kier molecular flexibility index (Phi) is 3.13. The first-order chi connectivity index (χ1) is 6.77. The van der Waals surface area contributed by atoms with Gasteiger partial charge in [0.05, 0.1) is 22.2 Å². The molecule has 1 saturated heterocycles. The molecule has 1 aliphatic rings. The van der Waals surface area contributed by atoms with Crippen LogP contribution in [0, 0.1) is 6.42 Å². The van der Waals surface area contributed by atoms with E-state index in [1.807, 2.05) is 16.3 Å². The zero-order valence-electron chi connectivity index (χ0n) is 7.70. The number of piperidine rings is 1. The molecule has 0 bridgehead atoms. The van der Waals surface area contributed by atoms with Gasteiger partial charge in [-0.3, -0.25) is 9.69 Å². The Labute approximate surface area is 96.0 Å². The summed E-state index contributed by atoms with van der Waals surface area (Å²) in [5.74, 6) is 0.155. The van der Waals surface area contributed by atoms with E-state index in [9.17, 15) is 4.79 Å². The molecule has 4 heteroatoms. The maximum absolute atomic E-state index is 11.9. The van der Waals surface area contributed by atoms with Crippen LogP contribution < -0.4 is 0 Å². The summed E-state index contributed by atoms with van der Waals surface area (Å²) in [6.07, 6.45) is 4.40. The second-order valence-electron chi connectivity index (χ2n) is 3.32. The van der Waals surface area contributed by atoms with Crippen LogP contribution in [0.25, 0.3) is 0 Å². The van der Waals surface area contributed by atoms with E-state index < -0.39 is 0 Å². The number of halogens is 1. The van der Waals surface area contributed by atoms with Gasteiger partial charge in [-0.25, -0.2) is 0 Å². The quantitative estimate of drug-likeness (QED) is 0.720. The molecule has 0 spiro atoms. The standard InChI is InChI=1S/C10H11BrNOS/c11-9-6-8(7-14-9)10(13)12-4-2-1-3-5-12/h2,6-7H,1,3-5H2/q+1. The van der Waals surface area contributed by atoms with Crippen molar-refractivity contribution in [3.05, 3.63) is 27.2 Å². The van der Waals surface area contributed by atoms with Gasteiger partial charge >= 0.3 is 0 Å². The van der Waals surface area contributed by atoms with Gasteiger partial charge in [0, 0.05) is 18.3 Å². The molecular formula is C10H11BrNOS+. The maximum Gasteiger partial charge on any atom is 0.258 e. The van der Waals surface area contributed by atoms with Crippen molar-refractivity contribution in [1.29, 1.82) is 0 Å². The lowest BCUT2D eigenvalue weighted by Crippen LogP contribution is -2.35.